The van der Waals surface area contributed by atoms with Gasteiger partial charge in [0.2, 0.25) is 0 Å². The second-order valence-electron chi connectivity index (χ2n) is 2.55. The minimum atomic E-state index is -0.841. The van der Waals surface area contributed by atoms with Gasteiger partial charge in [-0.05, 0) is 22.9 Å². The van der Waals surface area contributed by atoms with Gasteiger partial charge in [0.25, 0.3) is 0 Å². The number of nitrogens with zero attached hydrogens (tertiary/aromatic N) is 2. The predicted molar refractivity (Wildman–Crippen MR) is 47.0 cm³/mol. The van der Waals surface area contributed by atoms with Crippen molar-refractivity contribution in [3.05, 3.63) is 15.9 Å². The highest BCUT2D eigenvalue weighted by Crippen LogP contribution is 2.19. The predicted octanol–water partition coefficient (Wildman–Crippen LogP) is 1.12. The zero-order valence-corrected chi connectivity index (χ0v) is 8.42. The smallest absolute Gasteiger partial charge is 0.307 e. The van der Waals surface area contributed by atoms with E-state index in [9.17, 15) is 4.79 Å². The second kappa shape index (κ2) is 3.26. The topological polar surface area (TPSA) is 55.1 Å². The van der Waals surface area contributed by atoms with Gasteiger partial charge in [0.15, 0.2) is 0 Å². The van der Waals surface area contributed by atoms with Crippen molar-refractivity contribution < 1.29 is 9.90 Å². The molecule has 0 bridgehead atoms. The Morgan fingerprint density at radius 2 is 2.33 bits per heavy atom. The van der Waals surface area contributed by atoms with E-state index in [4.69, 9.17) is 5.11 Å². The minimum absolute atomic E-state index is 0.0141. The fourth-order valence-electron chi connectivity index (χ4n) is 1.03. The maximum atomic E-state index is 10.4. The summed E-state index contributed by atoms with van der Waals surface area (Å²) in [7, 11) is 1.77. The summed E-state index contributed by atoms with van der Waals surface area (Å²) in [6.45, 7) is 1.79. The Morgan fingerprint density at radius 3 is 2.67 bits per heavy atom. The van der Waals surface area contributed by atoms with Crippen molar-refractivity contribution in [2.75, 3.05) is 0 Å². The standard InChI is InChI=1S/C7H9BrN2O2/c1-4-5(3-6(11)12)7(8)10(2)9-4/h3H2,1-2H3,(H,11,12). The molecule has 0 aliphatic rings. The molecule has 0 unspecified atom stereocenters. The highest BCUT2D eigenvalue weighted by molar-refractivity contribution is 9.10. The summed E-state index contributed by atoms with van der Waals surface area (Å²) in [6, 6.07) is 0. The maximum absolute atomic E-state index is 10.4. The van der Waals surface area contributed by atoms with Crippen LogP contribution in [0.25, 0.3) is 0 Å². The van der Waals surface area contributed by atoms with Crippen LogP contribution in [-0.4, -0.2) is 20.9 Å². The number of hydrogen-bond acceptors (Lipinski definition) is 2. The van der Waals surface area contributed by atoms with Gasteiger partial charge in [0, 0.05) is 12.6 Å². The lowest BCUT2D eigenvalue weighted by Gasteiger charge is -1.94. The van der Waals surface area contributed by atoms with Crippen molar-refractivity contribution in [1.29, 1.82) is 0 Å². The van der Waals surface area contributed by atoms with E-state index < -0.39 is 5.97 Å². The molecule has 0 radical (unpaired) electrons. The molecular weight excluding hydrogens is 224 g/mol. The normalized spacial score (nSPS) is 10.2. The van der Waals surface area contributed by atoms with Gasteiger partial charge < -0.3 is 5.11 Å². The molecule has 5 heteroatoms. The molecule has 4 nitrogen and oxygen atoms in total. The average Bonchev–Trinajstić information content (AvgIpc) is 2.16. The van der Waals surface area contributed by atoms with Crippen molar-refractivity contribution >= 4 is 21.9 Å². The molecule has 1 rings (SSSR count). The highest BCUT2D eigenvalue weighted by atomic mass is 79.9. The number of rotatable bonds is 2. The van der Waals surface area contributed by atoms with Gasteiger partial charge in [-0.15, -0.1) is 0 Å². The van der Waals surface area contributed by atoms with Crippen LogP contribution in [0.2, 0.25) is 0 Å². The number of carbonyl (C=O) groups is 1. The number of halogens is 1. The number of hydrogen-bond donors (Lipinski definition) is 1. The number of aromatic nitrogens is 2. The molecule has 1 aromatic heterocycles. The molecule has 66 valence electrons. The van der Waals surface area contributed by atoms with Gasteiger partial charge in [-0.25, -0.2) is 0 Å². The molecule has 0 aliphatic carbocycles. The van der Waals surface area contributed by atoms with E-state index >= 15 is 0 Å². The molecule has 0 amide bonds. The van der Waals surface area contributed by atoms with Crippen molar-refractivity contribution in [2.45, 2.75) is 13.3 Å². The van der Waals surface area contributed by atoms with Crippen LogP contribution in [-0.2, 0) is 18.3 Å². The molecule has 0 atom stereocenters. The fourth-order valence-corrected chi connectivity index (χ4v) is 1.53. The van der Waals surface area contributed by atoms with E-state index in [2.05, 4.69) is 21.0 Å². The van der Waals surface area contributed by atoms with Gasteiger partial charge in [-0.2, -0.15) is 5.10 Å². The molecule has 12 heavy (non-hydrogen) atoms. The Kier molecular flexibility index (Phi) is 2.52. The number of aryl methyl sites for hydroxylation is 2. The zero-order valence-electron chi connectivity index (χ0n) is 6.83. The maximum Gasteiger partial charge on any atom is 0.307 e. The molecule has 0 aromatic carbocycles. The van der Waals surface area contributed by atoms with Crippen LogP contribution < -0.4 is 0 Å². The van der Waals surface area contributed by atoms with Crippen LogP contribution in [0.4, 0.5) is 0 Å². The van der Waals surface area contributed by atoms with Crippen LogP contribution in [0, 0.1) is 6.92 Å². The van der Waals surface area contributed by atoms with E-state index in [1.165, 1.54) is 0 Å². The number of carboxylic acids is 1. The van der Waals surface area contributed by atoms with Gasteiger partial charge in [0.1, 0.15) is 4.60 Å². The van der Waals surface area contributed by atoms with Gasteiger partial charge in [0.05, 0.1) is 12.1 Å². The van der Waals surface area contributed by atoms with Crippen molar-refractivity contribution in [3.63, 3.8) is 0 Å². The Labute approximate surface area is 78.3 Å². The van der Waals surface area contributed by atoms with E-state index in [-0.39, 0.29) is 6.42 Å². The summed E-state index contributed by atoms with van der Waals surface area (Å²) < 4.78 is 2.36. The first kappa shape index (κ1) is 9.25. The quantitative estimate of drug-likeness (QED) is 0.832. The first-order valence-electron chi connectivity index (χ1n) is 3.42. The molecule has 0 saturated carbocycles. The van der Waals surface area contributed by atoms with Crippen LogP contribution >= 0.6 is 15.9 Å². The van der Waals surface area contributed by atoms with Crippen molar-refractivity contribution in [1.82, 2.24) is 9.78 Å². The summed E-state index contributed by atoms with van der Waals surface area (Å²) in [5.41, 5.74) is 1.50. The van der Waals surface area contributed by atoms with Crippen molar-refractivity contribution in [2.24, 2.45) is 7.05 Å². The zero-order chi connectivity index (χ0) is 9.30. The summed E-state index contributed by atoms with van der Waals surface area (Å²) in [6.07, 6.45) is 0.0141. The van der Waals surface area contributed by atoms with Crippen LogP contribution in [0.3, 0.4) is 0 Å². The number of aliphatic carboxylic acids is 1. The van der Waals surface area contributed by atoms with Gasteiger partial charge in [-0.3, -0.25) is 9.48 Å². The van der Waals surface area contributed by atoms with Crippen molar-refractivity contribution in [3.8, 4) is 0 Å². The molecule has 1 N–H and O–H groups in total. The Balaban J connectivity index is 3.05. The average molecular weight is 233 g/mol. The second-order valence-corrected chi connectivity index (χ2v) is 3.30. The molecule has 0 aliphatic heterocycles. The minimum Gasteiger partial charge on any atom is -0.481 e. The summed E-state index contributed by atoms with van der Waals surface area (Å²) >= 11 is 3.27. The Morgan fingerprint density at radius 1 is 1.75 bits per heavy atom. The monoisotopic (exact) mass is 232 g/mol. The largest absolute Gasteiger partial charge is 0.481 e. The van der Waals surface area contributed by atoms with E-state index in [1.54, 1.807) is 18.7 Å². The lowest BCUT2D eigenvalue weighted by molar-refractivity contribution is -0.136. The van der Waals surface area contributed by atoms with Crippen LogP contribution in [0.15, 0.2) is 4.60 Å². The highest BCUT2D eigenvalue weighted by Gasteiger charge is 2.13. The fraction of sp³-hybridized carbons (Fsp3) is 0.429. The summed E-state index contributed by atoms with van der Waals surface area (Å²) in [4.78, 5) is 10.4. The molecule has 0 spiro atoms. The Bertz CT molecular complexity index is 319. The summed E-state index contributed by atoms with van der Waals surface area (Å²) in [5.74, 6) is -0.841. The van der Waals surface area contributed by atoms with E-state index in [1.807, 2.05) is 0 Å². The third kappa shape index (κ3) is 1.66. The summed E-state index contributed by atoms with van der Waals surface area (Å²) in [5, 5.41) is 12.6. The van der Waals surface area contributed by atoms with Crippen LogP contribution in [0.5, 0.6) is 0 Å². The number of carboxylic acid groups (broad SMARTS) is 1. The third-order valence-corrected chi connectivity index (χ3v) is 2.59. The van der Waals surface area contributed by atoms with E-state index in [0.717, 1.165) is 15.9 Å². The molecule has 0 saturated heterocycles. The molecule has 1 heterocycles. The first-order valence-corrected chi connectivity index (χ1v) is 4.21. The first-order chi connectivity index (χ1) is 5.52. The Hall–Kier alpha value is -0.840. The lowest BCUT2D eigenvalue weighted by Crippen LogP contribution is -2.01. The van der Waals surface area contributed by atoms with E-state index in [0.29, 0.717) is 0 Å². The lowest BCUT2D eigenvalue weighted by atomic mass is 10.2. The van der Waals surface area contributed by atoms with Gasteiger partial charge >= 0.3 is 5.97 Å². The van der Waals surface area contributed by atoms with Gasteiger partial charge in [-0.1, -0.05) is 0 Å². The molecule has 0 fully saturated rings. The SMILES string of the molecule is Cc1nn(C)c(Br)c1CC(=O)O. The molecule has 1 aromatic rings. The third-order valence-electron chi connectivity index (χ3n) is 1.60. The molecular formula is C7H9BrN2O2. The van der Waals surface area contributed by atoms with Crippen LogP contribution in [0.1, 0.15) is 11.3 Å².